The number of aromatic nitrogens is 1. The van der Waals surface area contributed by atoms with E-state index in [2.05, 4.69) is 4.98 Å². The number of rotatable bonds is 6. The summed E-state index contributed by atoms with van der Waals surface area (Å²) in [5.74, 6) is -1.69. The molecule has 2 unspecified atom stereocenters. The van der Waals surface area contributed by atoms with Crippen LogP contribution in [0.2, 0.25) is 0 Å². The zero-order valence-electron chi connectivity index (χ0n) is 14.9. The number of aliphatic carboxylic acids is 1. The number of carbonyl (C=O) groups is 3. The lowest BCUT2D eigenvalue weighted by Crippen LogP contribution is -2.33. The summed E-state index contributed by atoms with van der Waals surface area (Å²) in [6.45, 7) is 1.76. The van der Waals surface area contributed by atoms with Crippen LogP contribution in [0, 0.1) is 5.92 Å². The first-order valence-electron chi connectivity index (χ1n) is 8.60. The fraction of sp³-hybridized carbons (Fsp3) is 0.300. The average Bonchev–Trinajstić information content (AvgIpc) is 3.13. The van der Waals surface area contributed by atoms with E-state index in [9.17, 15) is 19.5 Å². The molecule has 2 aromatic rings. The Kier molecular flexibility index (Phi) is 5.49. The van der Waals surface area contributed by atoms with E-state index in [1.54, 1.807) is 48.8 Å². The van der Waals surface area contributed by atoms with Gasteiger partial charge < -0.3 is 14.7 Å². The van der Waals surface area contributed by atoms with Crippen LogP contribution in [0.5, 0.6) is 5.75 Å². The van der Waals surface area contributed by atoms with Crippen molar-refractivity contribution in [1.82, 2.24) is 9.88 Å². The predicted octanol–water partition coefficient (Wildman–Crippen LogP) is 1.99. The van der Waals surface area contributed by atoms with Gasteiger partial charge in [-0.25, -0.2) is 0 Å². The number of carbonyl (C=O) groups excluding carboxylic acids is 2. The minimum Gasteiger partial charge on any atom is -0.484 e. The molecule has 140 valence electrons. The minimum atomic E-state index is -0.923. The lowest BCUT2D eigenvalue weighted by Gasteiger charge is -2.17. The molecule has 2 atom stereocenters. The monoisotopic (exact) mass is 368 g/mol. The third kappa shape index (κ3) is 4.31. The van der Waals surface area contributed by atoms with Crippen LogP contribution in [0.4, 0.5) is 0 Å². The summed E-state index contributed by atoms with van der Waals surface area (Å²) in [6, 6.07) is 10.1. The van der Waals surface area contributed by atoms with Crippen molar-refractivity contribution in [2.45, 2.75) is 12.8 Å². The quantitative estimate of drug-likeness (QED) is 0.783. The largest absolute Gasteiger partial charge is 0.484 e. The molecule has 0 saturated carbocycles. The van der Waals surface area contributed by atoms with Gasteiger partial charge in [0, 0.05) is 37.0 Å². The van der Waals surface area contributed by atoms with Crippen molar-refractivity contribution in [1.29, 1.82) is 0 Å². The summed E-state index contributed by atoms with van der Waals surface area (Å²) in [5.41, 5.74) is 1.42. The second kappa shape index (κ2) is 7.99. The fourth-order valence-electron chi connectivity index (χ4n) is 3.23. The number of nitrogens with zero attached hydrogens (tertiary/aromatic N) is 2. The van der Waals surface area contributed by atoms with Crippen LogP contribution >= 0.6 is 0 Å². The van der Waals surface area contributed by atoms with Gasteiger partial charge in [0.2, 0.25) is 0 Å². The predicted molar refractivity (Wildman–Crippen MR) is 96.6 cm³/mol. The number of hydrogen-bond donors (Lipinski definition) is 1. The molecule has 0 radical (unpaired) electrons. The molecule has 3 rings (SSSR count). The van der Waals surface area contributed by atoms with Gasteiger partial charge in [0.05, 0.1) is 5.92 Å². The third-order valence-electron chi connectivity index (χ3n) is 4.75. The number of amides is 1. The molecule has 2 heterocycles. The minimum absolute atomic E-state index is 0.0449. The molecule has 1 N–H and O–H groups in total. The molecule has 1 fully saturated rings. The average molecular weight is 368 g/mol. The van der Waals surface area contributed by atoms with Crippen molar-refractivity contribution in [3.8, 4) is 5.75 Å². The summed E-state index contributed by atoms with van der Waals surface area (Å²) in [5, 5.41) is 9.51. The Morgan fingerprint density at radius 3 is 2.37 bits per heavy atom. The number of likely N-dealkylation sites (tertiary alicyclic amines) is 1. The third-order valence-corrected chi connectivity index (χ3v) is 4.75. The molecule has 1 amide bonds. The molecule has 1 aliphatic heterocycles. The van der Waals surface area contributed by atoms with Crippen molar-refractivity contribution in [3.05, 3.63) is 59.9 Å². The summed E-state index contributed by atoms with van der Waals surface area (Å²) in [4.78, 5) is 40.8. The van der Waals surface area contributed by atoms with Gasteiger partial charge in [-0.1, -0.05) is 0 Å². The van der Waals surface area contributed by atoms with Crippen LogP contribution < -0.4 is 4.74 Å². The molecule has 7 heteroatoms. The molecular formula is C20H20N2O5. The van der Waals surface area contributed by atoms with Crippen LogP contribution in [0.15, 0.2) is 48.8 Å². The molecule has 1 aromatic carbocycles. The van der Waals surface area contributed by atoms with Gasteiger partial charge in [-0.2, -0.15) is 0 Å². The molecule has 7 nitrogen and oxygen atoms in total. The van der Waals surface area contributed by atoms with Gasteiger partial charge in [0.15, 0.2) is 12.4 Å². The van der Waals surface area contributed by atoms with E-state index in [-0.39, 0.29) is 30.8 Å². The van der Waals surface area contributed by atoms with Crippen LogP contribution in [-0.2, 0) is 9.59 Å². The zero-order valence-corrected chi connectivity index (χ0v) is 14.9. The number of carboxylic acids is 1. The van der Waals surface area contributed by atoms with Gasteiger partial charge in [0.25, 0.3) is 5.91 Å². The number of hydrogen-bond acceptors (Lipinski definition) is 5. The van der Waals surface area contributed by atoms with Gasteiger partial charge >= 0.3 is 5.97 Å². The topological polar surface area (TPSA) is 96.8 Å². The maximum absolute atomic E-state index is 12.5. The maximum Gasteiger partial charge on any atom is 0.308 e. The lowest BCUT2D eigenvalue weighted by atomic mass is 9.90. The molecule has 1 aromatic heterocycles. The first-order chi connectivity index (χ1) is 13.0. The molecule has 1 aliphatic rings. The van der Waals surface area contributed by atoms with Crippen molar-refractivity contribution in [3.63, 3.8) is 0 Å². The van der Waals surface area contributed by atoms with Crippen molar-refractivity contribution < 1.29 is 24.2 Å². The normalized spacial score (nSPS) is 18.9. The highest BCUT2D eigenvalue weighted by Gasteiger charge is 2.40. The van der Waals surface area contributed by atoms with Gasteiger partial charge in [-0.3, -0.25) is 19.4 Å². The Balaban J connectivity index is 1.63. The van der Waals surface area contributed by atoms with Crippen LogP contribution in [0.25, 0.3) is 0 Å². The Bertz CT molecular complexity index is 835. The first-order valence-corrected chi connectivity index (χ1v) is 8.60. The molecule has 0 aliphatic carbocycles. The summed E-state index contributed by atoms with van der Waals surface area (Å²) < 4.78 is 5.49. The zero-order chi connectivity index (χ0) is 19.4. The SMILES string of the molecule is CC(=O)c1ccc(OCC(=O)N2CC(C(=O)O)C(c3ccncc3)C2)cc1. The van der Waals surface area contributed by atoms with Crippen LogP contribution in [0.1, 0.15) is 28.8 Å². The maximum atomic E-state index is 12.5. The standard InChI is InChI=1S/C20H20N2O5/c1-13(23)14-2-4-16(5-3-14)27-12-19(24)22-10-17(18(11-22)20(25)26)15-6-8-21-9-7-15/h2-9,17-18H,10-12H2,1H3,(H,25,26). The second-order valence-electron chi connectivity index (χ2n) is 6.50. The molecule has 0 spiro atoms. The fourth-order valence-corrected chi connectivity index (χ4v) is 3.23. The molecule has 1 saturated heterocycles. The van der Waals surface area contributed by atoms with E-state index in [1.807, 2.05) is 0 Å². The van der Waals surface area contributed by atoms with Gasteiger partial charge in [0.1, 0.15) is 5.75 Å². The van der Waals surface area contributed by atoms with Gasteiger partial charge in [-0.15, -0.1) is 0 Å². The Morgan fingerprint density at radius 1 is 1.11 bits per heavy atom. The number of pyridine rings is 1. The first kappa shape index (κ1) is 18.6. The molecule has 0 bridgehead atoms. The molecular weight excluding hydrogens is 348 g/mol. The van der Waals surface area contributed by atoms with Crippen molar-refractivity contribution in [2.75, 3.05) is 19.7 Å². The second-order valence-corrected chi connectivity index (χ2v) is 6.50. The highest BCUT2D eigenvalue weighted by Crippen LogP contribution is 2.32. The summed E-state index contributed by atoms with van der Waals surface area (Å²) in [7, 11) is 0. The van der Waals surface area contributed by atoms with E-state index < -0.39 is 11.9 Å². The van der Waals surface area contributed by atoms with Crippen LogP contribution in [-0.4, -0.2) is 52.3 Å². The number of Topliss-reactive ketones (excluding diaryl/α,β-unsaturated/α-hetero) is 1. The highest BCUT2D eigenvalue weighted by molar-refractivity contribution is 5.94. The van der Waals surface area contributed by atoms with E-state index in [0.29, 0.717) is 17.9 Å². The smallest absolute Gasteiger partial charge is 0.308 e. The summed E-state index contributed by atoms with van der Waals surface area (Å²) >= 11 is 0. The lowest BCUT2D eigenvalue weighted by molar-refractivity contribution is -0.142. The van der Waals surface area contributed by atoms with E-state index in [1.165, 1.54) is 11.8 Å². The number of ether oxygens (including phenoxy) is 1. The Morgan fingerprint density at radius 2 is 1.78 bits per heavy atom. The number of benzene rings is 1. The summed E-state index contributed by atoms with van der Waals surface area (Å²) in [6.07, 6.45) is 3.24. The highest BCUT2D eigenvalue weighted by atomic mass is 16.5. The van der Waals surface area contributed by atoms with E-state index in [4.69, 9.17) is 4.74 Å². The van der Waals surface area contributed by atoms with E-state index in [0.717, 1.165) is 5.56 Å². The Hall–Kier alpha value is -3.22. The van der Waals surface area contributed by atoms with Crippen LogP contribution in [0.3, 0.4) is 0 Å². The molecule has 27 heavy (non-hydrogen) atoms. The van der Waals surface area contributed by atoms with Gasteiger partial charge in [-0.05, 0) is 48.9 Å². The van der Waals surface area contributed by atoms with Crippen molar-refractivity contribution >= 4 is 17.7 Å². The van der Waals surface area contributed by atoms with E-state index >= 15 is 0 Å². The van der Waals surface area contributed by atoms with Crippen molar-refractivity contribution in [2.24, 2.45) is 5.92 Å². The number of ketones is 1. The Labute approximate surface area is 156 Å². The number of carboxylic acid groups (broad SMARTS) is 1.